The van der Waals surface area contributed by atoms with Crippen LogP contribution in [0.2, 0.25) is 0 Å². The Morgan fingerprint density at radius 1 is 0.145 bits per heavy atom. The average Bonchev–Trinajstić information content (AvgIpc) is 1.57. The largest absolute Gasteiger partial charge is 0.309 e. The summed E-state index contributed by atoms with van der Waals surface area (Å²) in [5.41, 5.74) is 30.8. The van der Waals surface area contributed by atoms with E-state index < -0.39 is 0 Å². The first-order valence-electron chi connectivity index (χ1n) is 42.2. The highest BCUT2D eigenvalue weighted by Gasteiger charge is 2.26. The van der Waals surface area contributed by atoms with Crippen LogP contribution in [0.5, 0.6) is 0 Å². The van der Waals surface area contributed by atoms with E-state index in [2.05, 4.69) is 461 Å². The molecule has 0 aliphatic heterocycles. The zero-order valence-electron chi connectivity index (χ0n) is 67.3. The van der Waals surface area contributed by atoms with Crippen LogP contribution in [-0.2, 0) is 0 Å². The lowest BCUT2D eigenvalue weighted by molar-refractivity contribution is 1.17. The molecule has 0 fully saturated rings. The highest BCUT2D eigenvalue weighted by molar-refractivity contribution is 6.26. The molecule has 580 valence electrons. The van der Waals surface area contributed by atoms with Crippen molar-refractivity contribution in [1.29, 1.82) is 0 Å². The molecule has 124 heavy (non-hydrogen) atoms. The molecule has 0 N–H and O–H groups in total. The molecule has 0 amide bonds. The van der Waals surface area contributed by atoms with Crippen LogP contribution in [0.1, 0.15) is 0 Å². The van der Waals surface area contributed by atoms with Crippen LogP contribution >= 0.6 is 0 Å². The third kappa shape index (κ3) is 11.5. The summed E-state index contributed by atoms with van der Waals surface area (Å²) in [6.07, 6.45) is 11.7. The van der Waals surface area contributed by atoms with Crippen LogP contribution in [0.15, 0.2) is 456 Å². The standard InChI is InChI=1S/C41H27N3.C39H25N3.C35H23N3/c1-3-11-28(12-4-1)29-21-23-31(24-22-29)43-36-18-8-7-15-34(36)40-32(16-9-19-37(40)43)33-17-10-20-38-41(33)35-25-26-42-27-39(35)44(38)30-13-5-2-6-14-30;1-2-12-28(13-3-1)41-35-18-8-16-31(39(35)33-22-23-40-25-37(33)41)30-15-9-19-36-38(30)32-14-6-7-17-34(32)42(36)29-21-20-26-10-4-5-11-27(26)24-29;1-3-11-24(12-4-1)37-30-18-8-7-15-28(30)34-26(16-9-19-31(34)37)27-17-10-20-32-35(27)29-21-22-36-23-33(29)38(32)25-13-5-2-6-14-25/h1-27H;1-25H;1-23H. The van der Waals surface area contributed by atoms with Crippen LogP contribution < -0.4 is 0 Å². The average molecular weight is 1580 g/mol. The molecule has 9 nitrogen and oxygen atoms in total. The summed E-state index contributed by atoms with van der Waals surface area (Å²) in [6.45, 7) is 0. The predicted molar refractivity (Wildman–Crippen MR) is 518 cm³/mol. The highest BCUT2D eigenvalue weighted by atomic mass is 15.0. The molecule has 0 aliphatic carbocycles. The van der Waals surface area contributed by atoms with Gasteiger partial charge in [0, 0.05) is 117 Å². The van der Waals surface area contributed by atoms with Crippen molar-refractivity contribution in [3.8, 4) is 78.6 Å². The van der Waals surface area contributed by atoms with Gasteiger partial charge in [-0.2, -0.15) is 0 Å². The molecular weight excluding hydrogens is 1510 g/mol. The monoisotopic (exact) mass is 1580 g/mol. The van der Waals surface area contributed by atoms with Gasteiger partial charge in [-0.1, -0.05) is 273 Å². The third-order valence-electron chi connectivity index (χ3n) is 25.0. The number of aromatic nitrogens is 9. The van der Waals surface area contributed by atoms with E-state index >= 15 is 0 Å². The lowest BCUT2D eigenvalue weighted by Gasteiger charge is -2.11. The third-order valence-corrected chi connectivity index (χ3v) is 25.0. The Bertz CT molecular complexity index is 8500. The van der Waals surface area contributed by atoms with Gasteiger partial charge in [0.1, 0.15) is 0 Å². The quantitative estimate of drug-likeness (QED) is 0.137. The van der Waals surface area contributed by atoms with E-state index in [1.807, 2.05) is 37.2 Å². The lowest BCUT2D eigenvalue weighted by atomic mass is 9.95. The van der Waals surface area contributed by atoms with Gasteiger partial charge in [0.15, 0.2) is 0 Å². The molecule has 0 aliphatic rings. The summed E-state index contributed by atoms with van der Waals surface area (Å²) in [6, 6.07) is 150. The first-order chi connectivity index (χ1) is 61.6. The van der Waals surface area contributed by atoms with Crippen molar-refractivity contribution in [1.82, 2.24) is 42.4 Å². The Morgan fingerprint density at radius 2 is 0.379 bits per heavy atom. The second-order valence-corrected chi connectivity index (χ2v) is 31.7. The fraction of sp³-hybridized carbons (Fsp3) is 0. The van der Waals surface area contributed by atoms with Crippen molar-refractivity contribution in [2.24, 2.45) is 0 Å². The van der Waals surface area contributed by atoms with E-state index in [-0.39, 0.29) is 0 Å². The summed E-state index contributed by atoms with van der Waals surface area (Å²) in [5.74, 6) is 0. The number of rotatable bonds is 10. The molecule has 0 spiro atoms. The van der Waals surface area contributed by atoms with Gasteiger partial charge >= 0.3 is 0 Å². The normalized spacial score (nSPS) is 11.7. The second kappa shape index (κ2) is 29.6. The van der Waals surface area contributed by atoms with Gasteiger partial charge in [0.05, 0.1) is 84.8 Å². The number of para-hydroxylation sites is 7. The number of benzene rings is 17. The van der Waals surface area contributed by atoms with Crippen LogP contribution in [0.3, 0.4) is 0 Å². The summed E-state index contributed by atoms with van der Waals surface area (Å²) >= 11 is 0. The molecule has 0 bridgehead atoms. The fourth-order valence-corrected chi connectivity index (χ4v) is 19.9. The minimum absolute atomic E-state index is 1.11. The van der Waals surface area contributed by atoms with E-state index in [9.17, 15) is 0 Å². The van der Waals surface area contributed by atoms with Gasteiger partial charge in [-0.05, 0) is 201 Å². The maximum absolute atomic E-state index is 4.53. The van der Waals surface area contributed by atoms with Gasteiger partial charge in [-0.25, -0.2) is 0 Å². The van der Waals surface area contributed by atoms with E-state index in [1.54, 1.807) is 0 Å². The Kier molecular flexibility index (Phi) is 17.1. The molecule has 0 saturated carbocycles. The topological polar surface area (TPSA) is 68.2 Å². The Morgan fingerprint density at radius 3 is 0.710 bits per heavy atom. The molecule has 26 aromatic rings. The predicted octanol–water partition coefficient (Wildman–Crippen LogP) is 29.6. The number of fused-ring (bicyclic) bond motifs is 19. The molecule has 9 aromatic heterocycles. The van der Waals surface area contributed by atoms with Crippen LogP contribution in [0.25, 0.3) is 220 Å². The fourth-order valence-electron chi connectivity index (χ4n) is 19.9. The molecule has 0 unspecified atom stereocenters. The first kappa shape index (κ1) is 71.4. The molecule has 26 rings (SSSR count). The minimum atomic E-state index is 1.11. The molecule has 0 radical (unpaired) electrons. The van der Waals surface area contributed by atoms with Crippen molar-refractivity contribution in [2.45, 2.75) is 0 Å². The number of nitrogens with zero attached hydrogens (tertiary/aromatic N) is 9. The number of pyridine rings is 3. The van der Waals surface area contributed by atoms with Gasteiger partial charge in [-0.15, -0.1) is 0 Å². The summed E-state index contributed by atoms with van der Waals surface area (Å²) in [4.78, 5) is 13.5. The van der Waals surface area contributed by atoms with Crippen molar-refractivity contribution in [3.05, 3.63) is 456 Å². The van der Waals surface area contributed by atoms with Crippen molar-refractivity contribution < 1.29 is 0 Å². The van der Waals surface area contributed by atoms with E-state index in [0.717, 1.165) is 39.3 Å². The van der Waals surface area contributed by atoms with Crippen molar-refractivity contribution in [3.63, 3.8) is 0 Å². The zero-order valence-corrected chi connectivity index (χ0v) is 67.3. The zero-order chi connectivity index (χ0) is 81.7. The number of hydrogen-bond donors (Lipinski definition) is 0. The Labute approximate surface area is 713 Å². The Balaban J connectivity index is 0.000000105. The minimum Gasteiger partial charge on any atom is -0.309 e. The molecular formula is C115H75N9. The second-order valence-electron chi connectivity index (χ2n) is 31.7. The van der Waals surface area contributed by atoms with Crippen molar-refractivity contribution >= 4 is 142 Å². The smallest absolute Gasteiger partial charge is 0.0724 e. The molecule has 0 atom stereocenters. The van der Waals surface area contributed by atoms with Crippen molar-refractivity contribution in [2.75, 3.05) is 0 Å². The lowest BCUT2D eigenvalue weighted by Crippen LogP contribution is -1.94. The molecule has 9 heteroatoms. The van der Waals surface area contributed by atoms with Gasteiger partial charge in [-0.3, -0.25) is 15.0 Å². The van der Waals surface area contributed by atoms with Crippen LogP contribution in [0, 0.1) is 0 Å². The van der Waals surface area contributed by atoms with Crippen LogP contribution in [-0.4, -0.2) is 42.4 Å². The maximum atomic E-state index is 4.53. The number of hydrogen-bond acceptors (Lipinski definition) is 3. The van der Waals surface area contributed by atoms with Gasteiger partial charge < -0.3 is 27.4 Å². The SMILES string of the molecule is c1ccc(-c2ccc(-n3c4ccccc4c4c(-c5cccc6c5c5ccncc5n6-c5ccccc5)cccc43)cc2)cc1.c1ccc(-n2c3ccccc3c3c(-c4cccc5c4c4ccncc4n5-c4ccccc4)cccc32)cc1.c1ccc(-n2c3cnccc3c3c(-c4cccc5c4c4ccccc4n5-c4ccc5ccccc5c4)cccc32)cc1. The van der Waals surface area contributed by atoms with E-state index in [1.165, 1.54) is 181 Å². The first-order valence-corrected chi connectivity index (χ1v) is 42.2. The summed E-state index contributed by atoms with van der Waals surface area (Å²) in [5, 5.41) is 17.4. The summed E-state index contributed by atoms with van der Waals surface area (Å²) < 4.78 is 14.2. The molecule has 0 saturated heterocycles. The highest BCUT2D eigenvalue weighted by Crippen LogP contribution is 2.49. The van der Waals surface area contributed by atoms with Gasteiger partial charge in [0.25, 0.3) is 0 Å². The maximum Gasteiger partial charge on any atom is 0.0724 e. The molecule has 9 heterocycles. The molecule has 17 aromatic carbocycles. The van der Waals surface area contributed by atoms with Crippen LogP contribution in [0.4, 0.5) is 0 Å². The van der Waals surface area contributed by atoms with E-state index in [0.29, 0.717) is 0 Å². The van der Waals surface area contributed by atoms with Gasteiger partial charge in [0.2, 0.25) is 0 Å². The summed E-state index contributed by atoms with van der Waals surface area (Å²) in [7, 11) is 0. The Hall–Kier alpha value is -16.8. The van der Waals surface area contributed by atoms with E-state index in [4.69, 9.17) is 0 Å².